The summed E-state index contributed by atoms with van der Waals surface area (Å²) in [7, 11) is 0. The van der Waals surface area contributed by atoms with Crippen molar-refractivity contribution in [3.63, 3.8) is 0 Å². The second-order valence-electron chi connectivity index (χ2n) is 5.96. The van der Waals surface area contributed by atoms with Crippen LogP contribution in [0.5, 0.6) is 0 Å². The predicted octanol–water partition coefficient (Wildman–Crippen LogP) is 4.61. The van der Waals surface area contributed by atoms with Crippen LogP contribution in [0.15, 0.2) is 91.0 Å². The lowest BCUT2D eigenvalue weighted by Gasteiger charge is -2.31. The third-order valence-corrected chi connectivity index (χ3v) is 4.35. The molecule has 3 aromatic rings. The molecule has 3 heteroatoms. The summed E-state index contributed by atoms with van der Waals surface area (Å²) in [4.78, 5) is 12.4. The van der Waals surface area contributed by atoms with Gasteiger partial charge in [0.2, 0.25) is 0 Å². The molecular weight excluding hydrogens is 308 g/mol. The van der Waals surface area contributed by atoms with E-state index in [-0.39, 0.29) is 12.1 Å². The fourth-order valence-electron chi connectivity index (χ4n) is 3.22. The van der Waals surface area contributed by atoms with Crippen LogP contribution in [0.3, 0.4) is 0 Å². The predicted molar refractivity (Wildman–Crippen MR) is 101 cm³/mol. The summed E-state index contributed by atoms with van der Waals surface area (Å²) in [5, 5.41) is 6.08. The topological polar surface area (TPSA) is 41.1 Å². The Hall–Kier alpha value is -3.33. The van der Waals surface area contributed by atoms with E-state index in [1.54, 1.807) is 0 Å². The van der Waals surface area contributed by atoms with Crippen molar-refractivity contribution in [2.45, 2.75) is 6.04 Å². The molecule has 2 N–H and O–H groups in total. The molecule has 1 unspecified atom stereocenters. The summed E-state index contributed by atoms with van der Waals surface area (Å²) >= 11 is 0. The second-order valence-corrected chi connectivity index (χ2v) is 5.96. The average molecular weight is 326 g/mol. The van der Waals surface area contributed by atoms with Crippen molar-refractivity contribution < 1.29 is 4.79 Å². The Morgan fingerprint density at radius 2 is 1.16 bits per heavy atom. The van der Waals surface area contributed by atoms with Gasteiger partial charge in [-0.15, -0.1) is 0 Å². The van der Waals surface area contributed by atoms with Crippen molar-refractivity contribution in [2.75, 3.05) is 0 Å². The van der Waals surface area contributed by atoms with Crippen LogP contribution in [-0.2, 0) is 0 Å². The Kier molecular flexibility index (Phi) is 4.05. The number of hydrogen-bond acceptors (Lipinski definition) is 1. The zero-order chi connectivity index (χ0) is 17.1. The van der Waals surface area contributed by atoms with Gasteiger partial charge >= 0.3 is 6.03 Å². The zero-order valence-electron chi connectivity index (χ0n) is 13.6. The van der Waals surface area contributed by atoms with Gasteiger partial charge in [0.25, 0.3) is 0 Å². The van der Waals surface area contributed by atoms with E-state index < -0.39 is 0 Å². The third-order valence-electron chi connectivity index (χ3n) is 4.35. The Bertz CT molecular complexity index is 903. The van der Waals surface area contributed by atoms with Gasteiger partial charge in [0.05, 0.1) is 11.7 Å². The molecule has 0 radical (unpaired) electrons. The smallest absolute Gasteiger partial charge is 0.320 e. The standard InChI is InChI=1S/C22H18N2O/c25-22-23-20(17-12-6-2-7-13-17)19(16-10-4-1-5-11-16)21(24-22)18-14-8-3-9-15-18/h1-15,20H,(H2,23,24,25). The molecule has 0 saturated heterocycles. The minimum Gasteiger partial charge on any atom is -0.327 e. The van der Waals surface area contributed by atoms with Gasteiger partial charge in [0, 0.05) is 5.57 Å². The van der Waals surface area contributed by atoms with Gasteiger partial charge in [-0.05, 0) is 16.7 Å². The van der Waals surface area contributed by atoms with Gasteiger partial charge in [-0.2, -0.15) is 0 Å². The van der Waals surface area contributed by atoms with Crippen LogP contribution in [0.4, 0.5) is 4.79 Å². The summed E-state index contributed by atoms with van der Waals surface area (Å²) in [6.07, 6.45) is 0. The largest absolute Gasteiger partial charge is 0.327 e. The number of amides is 2. The number of carbonyl (C=O) groups excluding carboxylic acids is 1. The van der Waals surface area contributed by atoms with Crippen LogP contribution in [0, 0.1) is 0 Å². The first-order valence-corrected chi connectivity index (χ1v) is 8.30. The number of urea groups is 1. The molecule has 122 valence electrons. The summed E-state index contributed by atoms with van der Waals surface area (Å²) in [6.45, 7) is 0. The van der Waals surface area contributed by atoms with Crippen LogP contribution in [0.1, 0.15) is 22.7 Å². The molecule has 1 aliphatic rings. The van der Waals surface area contributed by atoms with Crippen molar-refractivity contribution >= 4 is 17.3 Å². The van der Waals surface area contributed by atoms with Gasteiger partial charge in [0.15, 0.2) is 0 Å². The monoisotopic (exact) mass is 326 g/mol. The molecule has 2 amide bonds. The van der Waals surface area contributed by atoms with Crippen molar-refractivity contribution in [3.05, 3.63) is 108 Å². The number of benzene rings is 3. The SMILES string of the molecule is O=C1NC(c2ccccc2)=C(c2ccccc2)C(c2ccccc2)N1. The Morgan fingerprint density at radius 1 is 0.640 bits per heavy atom. The van der Waals surface area contributed by atoms with E-state index >= 15 is 0 Å². The zero-order valence-corrected chi connectivity index (χ0v) is 13.6. The van der Waals surface area contributed by atoms with Gasteiger partial charge < -0.3 is 10.6 Å². The van der Waals surface area contributed by atoms with E-state index in [0.29, 0.717) is 0 Å². The van der Waals surface area contributed by atoms with E-state index in [1.165, 1.54) is 0 Å². The van der Waals surface area contributed by atoms with Crippen LogP contribution in [0.25, 0.3) is 11.3 Å². The molecule has 3 nitrogen and oxygen atoms in total. The van der Waals surface area contributed by atoms with Crippen LogP contribution < -0.4 is 10.6 Å². The van der Waals surface area contributed by atoms with Gasteiger partial charge in [-0.1, -0.05) is 91.0 Å². The number of carbonyl (C=O) groups is 1. The molecule has 0 fully saturated rings. The molecule has 1 heterocycles. The maximum atomic E-state index is 12.4. The highest BCUT2D eigenvalue weighted by molar-refractivity contribution is 6.02. The first kappa shape index (κ1) is 15.2. The molecule has 0 saturated carbocycles. The molecule has 4 rings (SSSR count). The lowest BCUT2D eigenvalue weighted by Crippen LogP contribution is -2.42. The number of nitrogens with one attached hydrogen (secondary N) is 2. The first-order chi connectivity index (χ1) is 12.3. The lowest BCUT2D eigenvalue weighted by molar-refractivity contribution is 0.242. The highest BCUT2D eigenvalue weighted by Gasteiger charge is 2.29. The average Bonchev–Trinajstić information content (AvgIpc) is 2.69. The lowest BCUT2D eigenvalue weighted by atomic mass is 9.88. The molecule has 1 atom stereocenters. The van der Waals surface area contributed by atoms with Crippen molar-refractivity contribution in [2.24, 2.45) is 0 Å². The van der Waals surface area contributed by atoms with E-state index in [9.17, 15) is 4.79 Å². The fraction of sp³-hybridized carbons (Fsp3) is 0.0455. The quantitative estimate of drug-likeness (QED) is 0.725. The molecule has 0 spiro atoms. The number of rotatable bonds is 3. The van der Waals surface area contributed by atoms with E-state index in [0.717, 1.165) is 28.0 Å². The van der Waals surface area contributed by atoms with Gasteiger partial charge in [0.1, 0.15) is 0 Å². The number of hydrogen-bond donors (Lipinski definition) is 2. The maximum Gasteiger partial charge on any atom is 0.320 e. The van der Waals surface area contributed by atoms with Gasteiger partial charge in [-0.25, -0.2) is 4.79 Å². The molecule has 0 aromatic heterocycles. The molecule has 1 aliphatic heterocycles. The van der Waals surface area contributed by atoms with Crippen LogP contribution in [0.2, 0.25) is 0 Å². The molecule has 3 aromatic carbocycles. The fourth-order valence-corrected chi connectivity index (χ4v) is 3.22. The van der Waals surface area contributed by atoms with Crippen molar-refractivity contribution in [1.29, 1.82) is 0 Å². The molecule has 0 bridgehead atoms. The van der Waals surface area contributed by atoms with Crippen LogP contribution in [-0.4, -0.2) is 6.03 Å². The molecule has 25 heavy (non-hydrogen) atoms. The van der Waals surface area contributed by atoms with E-state index in [4.69, 9.17) is 0 Å². The molecule has 0 aliphatic carbocycles. The van der Waals surface area contributed by atoms with Gasteiger partial charge in [-0.3, -0.25) is 0 Å². The maximum absolute atomic E-state index is 12.4. The Balaban J connectivity index is 1.96. The van der Waals surface area contributed by atoms with E-state index in [2.05, 4.69) is 22.8 Å². The highest BCUT2D eigenvalue weighted by atomic mass is 16.2. The minimum atomic E-state index is -0.201. The van der Waals surface area contributed by atoms with Crippen LogP contribution >= 0.6 is 0 Å². The highest BCUT2D eigenvalue weighted by Crippen LogP contribution is 2.37. The second kappa shape index (κ2) is 6.65. The summed E-state index contributed by atoms with van der Waals surface area (Å²) in [6, 6.07) is 29.8. The minimum absolute atomic E-state index is 0.188. The van der Waals surface area contributed by atoms with Crippen molar-refractivity contribution in [1.82, 2.24) is 10.6 Å². The summed E-state index contributed by atoms with van der Waals surface area (Å²) < 4.78 is 0. The normalized spacial score (nSPS) is 17.0. The van der Waals surface area contributed by atoms with Crippen molar-refractivity contribution in [3.8, 4) is 0 Å². The molecular formula is C22H18N2O. The van der Waals surface area contributed by atoms with E-state index in [1.807, 2.05) is 78.9 Å². The third kappa shape index (κ3) is 3.04. The summed E-state index contributed by atoms with van der Waals surface area (Å²) in [5.41, 5.74) is 5.06. The summed E-state index contributed by atoms with van der Waals surface area (Å²) in [5.74, 6) is 0. The first-order valence-electron chi connectivity index (χ1n) is 8.30. The Labute approximate surface area is 147 Å². The Morgan fingerprint density at radius 3 is 1.76 bits per heavy atom.